The molecule has 0 unspecified atom stereocenters. The summed E-state index contributed by atoms with van der Waals surface area (Å²) in [6, 6.07) is 18.9. The molecule has 0 fully saturated rings. The lowest BCUT2D eigenvalue weighted by atomic mass is 10.1. The van der Waals surface area contributed by atoms with Crippen LogP contribution >= 0.6 is 23.5 Å². The number of hydrogen-bond donors (Lipinski definition) is 1. The monoisotopic (exact) mass is 407 g/mol. The number of aromatic nitrogens is 3. The number of H-pyrrole nitrogens is 1. The molecule has 0 saturated heterocycles. The fraction of sp³-hybridized carbons (Fsp3) is 0.0909. The molecule has 28 heavy (non-hydrogen) atoms. The van der Waals surface area contributed by atoms with Crippen molar-refractivity contribution < 1.29 is 4.39 Å². The minimum Gasteiger partial charge on any atom is -0.332 e. The van der Waals surface area contributed by atoms with Crippen LogP contribution in [0.1, 0.15) is 5.56 Å². The van der Waals surface area contributed by atoms with Gasteiger partial charge >= 0.3 is 0 Å². The normalized spacial score (nSPS) is 10.9. The van der Waals surface area contributed by atoms with Crippen molar-refractivity contribution in [3.05, 3.63) is 84.4 Å². The van der Waals surface area contributed by atoms with Crippen molar-refractivity contribution in [2.24, 2.45) is 0 Å². The summed E-state index contributed by atoms with van der Waals surface area (Å²) in [5.74, 6) is 0.567. The van der Waals surface area contributed by atoms with E-state index >= 15 is 0 Å². The Kier molecular flexibility index (Phi) is 5.78. The van der Waals surface area contributed by atoms with Gasteiger partial charge in [0.05, 0.1) is 11.4 Å². The Bertz CT molecular complexity index is 1050. The van der Waals surface area contributed by atoms with Crippen molar-refractivity contribution in [3.8, 4) is 22.5 Å². The van der Waals surface area contributed by atoms with Crippen LogP contribution in [0.5, 0.6) is 0 Å². The van der Waals surface area contributed by atoms with E-state index < -0.39 is 0 Å². The first-order chi connectivity index (χ1) is 13.7. The van der Waals surface area contributed by atoms with Crippen LogP contribution in [0, 0.1) is 5.82 Å². The molecule has 140 valence electrons. The molecule has 0 aliphatic rings. The van der Waals surface area contributed by atoms with Gasteiger partial charge in [-0.05, 0) is 60.4 Å². The van der Waals surface area contributed by atoms with Gasteiger partial charge in [0, 0.05) is 34.2 Å². The van der Waals surface area contributed by atoms with Gasteiger partial charge in [0.15, 0.2) is 5.16 Å². The van der Waals surface area contributed by atoms with Gasteiger partial charge in [-0.1, -0.05) is 23.9 Å². The highest BCUT2D eigenvalue weighted by atomic mass is 32.2. The molecule has 0 aliphatic carbocycles. The average Bonchev–Trinajstić information content (AvgIpc) is 3.18. The Balaban J connectivity index is 1.63. The van der Waals surface area contributed by atoms with Gasteiger partial charge in [0.1, 0.15) is 5.82 Å². The Morgan fingerprint density at radius 2 is 1.61 bits per heavy atom. The number of benzene rings is 2. The molecular weight excluding hydrogens is 389 g/mol. The SMILES string of the molecule is CSc1ccc(CSc2nc(-c3ccncc3)c(-c3ccc(F)cc3)[nH]2)cc1. The fourth-order valence-electron chi connectivity index (χ4n) is 2.84. The summed E-state index contributed by atoms with van der Waals surface area (Å²) in [6.07, 6.45) is 5.57. The molecule has 2 aromatic heterocycles. The van der Waals surface area contributed by atoms with Crippen LogP contribution in [0.15, 0.2) is 83.1 Å². The molecule has 6 heteroatoms. The lowest BCUT2D eigenvalue weighted by Gasteiger charge is -2.02. The van der Waals surface area contributed by atoms with Gasteiger partial charge in [-0.3, -0.25) is 4.98 Å². The maximum Gasteiger partial charge on any atom is 0.166 e. The number of nitrogens with one attached hydrogen (secondary N) is 1. The predicted octanol–water partition coefficient (Wildman–Crippen LogP) is 6.29. The summed E-state index contributed by atoms with van der Waals surface area (Å²) >= 11 is 3.39. The maximum absolute atomic E-state index is 13.4. The minimum atomic E-state index is -0.253. The quantitative estimate of drug-likeness (QED) is 0.381. The molecule has 3 nitrogen and oxygen atoms in total. The van der Waals surface area contributed by atoms with Crippen LogP contribution in [0.25, 0.3) is 22.5 Å². The van der Waals surface area contributed by atoms with Crippen LogP contribution in [0.4, 0.5) is 4.39 Å². The molecule has 0 amide bonds. The number of halogens is 1. The third kappa shape index (κ3) is 4.29. The van der Waals surface area contributed by atoms with E-state index in [2.05, 4.69) is 40.5 Å². The zero-order valence-corrected chi connectivity index (χ0v) is 16.9. The summed E-state index contributed by atoms with van der Waals surface area (Å²) in [7, 11) is 0. The van der Waals surface area contributed by atoms with E-state index in [4.69, 9.17) is 4.98 Å². The molecule has 0 atom stereocenters. The highest BCUT2D eigenvalue weighted by Crippen LogP contribution is 2.33. The predicted molar refractivity (Wildman–Crippen MR) is 115 cm³/mol. The number of thioether (sulfide) groups is 2. The Labute approximate surface area is 171 Å². The van der Waals surface area contributed by atoms with Crippen LogP contribution in [0.3, 0.4) is 0 Å². The molecule has 0 aliphatic heterocycles. The number of pyridine rings is 1. The van der Waals surface area contributed by atoms with E-state index in [1.54, 1.807) is 48.1 Å². The molecule has 4 rings (SSSR count). The summed E-state index contributed by atoms with van der Waals surface area (Å²) in [6.45, 7) is 0. The zero-order valence-electron chi connectivity index (χ0n) is 15.2. The second-order valence-electron chi connectivity index (χ2n) is 6.15. The molecular formula is C22H18FN3S2. The van der Waals surface area contributed by atoms with Crippen molar-refractivity contribution in [2.45, 2.75) is 15.8 Å². The molecule has 0 radical (unpaired) electrons. The van der Waals surface area contributed by atoms with E-state index in [1.165, 1.54) is 22.6 Å². The number of imidazole rings is 1. The highest BCUT2D eigenvalue weighted by molar-refractivity contribution is 7.98. The van der Waals surface area contributed by atoms with Crippen LogP contribution in [-0.2, 0) is 5.75 Å². The Morgan fingerprint density at radius 3 is 2.29 bits per heavy atom. The van der Waals surface area contributed by atoms with Gasteiger partial charge in [-0.15, -0.1) is 11.8 Å². The lowest BCUT2D eigenvalue weighted by Crippen LogP contribution is -1.84. The Hall–Kier alpha value is -2.57. The van der Waals surface area contributed by atoms with Crippen LogP contribution < -0.4 is 0 Å². The molecule has 4 aromatic rings. The van der Waals surface area contributed by atoms with Crippen molar-refractivity contribution in [3.63, 3.8) is 0 Å². The molecule has 2 aromatic carbocycles. The molecule has 0 spiro atoms. The smallest absolute Gasteiger partial charge is 0.166 e. The van der Waals surface area contributed by atoms with Crippen molar-refractivity contribution in [2.75, 3.05) is 6.26 Å². The third-order valence-electron chi connectivity index (χ3n) is 4.30. The van der Waals surface area contributed by atoms with E-state index in [0.717, 1.165) is 33.4 Å². The van der Waals surface area contributed by atoms with Gasteiger partial charge < -0.3 is 4.98 Å². The summed E-state index contributed by atoms with van der Waals surface area (Å²) in [5.41, 5.74) is 4.84. The molecule has 0 bridgehead atoms. The first-order valence-corrected chi connectivity index (χ1v) is 11.0. The number of nitrogens with zero attached hydrogens (tertiary/aromatic N) is 2. The second-order valence-corrected chi connectivity index (χ2v) is 7.99. The number of hydrogen-bond acceptors (Lipinski definition) is 4. The highest BCUT2D eigenvalue weighted by Gasteiger charge is 2.14. The van der Waals surface area contributed by atoms with Crippen molar-refractivity contribution >= 4 is 23.5 Å². The van der Waals surface area contributed by atoms with E-state index in [1.807, 2.05) is 12.1 Å². The van der Waals surface area contributed by atoms with Gasteiger partial charge in [0.2, 0.25) is 0 Å². The topological polar surface area (TPSA) is 41.6 Å². The standard InChI is InChI=1S/C22H18FN3S2/c1-27-19-8-2-15(3-9-19)14-28-22-25-20(16-4-6-18(23)7-5-16)21(26-22)17-10-12-24-13-11-17/h2-13H,14H2,1H3,(H,25,26). The van der Waals surface area contributed by atoms with Crippen molar-refractivity contribution in [1.82, 2.24) is 15.0 Å². The maximum atomic E-state index is 13.4. The van der Waals surface area contributed by atoms with Gasteiger partial charge in [0.25, 0.3) is 0 Å². The van der Waals surface area contributed by atoms with Gasteiger partial charge in [-0.2, -0.15) is 0 Å². The largest absolute Gasteiger partial charge is 0.332 e. The van der Waals surface area contributed by atoms with E-state index in [-0.39, 0.29) is 5.82 Å². The number of rotatable bonds is 6. The summed E-state index contributed by atoms with van der Waals surface area (Å²) < 4.78 is 13.4. The van der Waals surface area contributed by atoms with E-state index in [9.17, 15) is 4.39 Å². The molecule has 1 N–H and O–H groups in total. The summed E-state index contributed by atoms with van der Waals surface area (Å²) in [4.78, 5) is 13.6. The molecule has 2 heterocycles. The second kappa shape index (κ2) is 8.63. The first-order valence-electron chi connectivity index (χ1n) is 8.75. The summed E-state index contributed by atoms with van der Waals surface area (Å²) in [5, 5.41) is 0.833. The minimum absolute atomic E-state index is 0.253. The van der Waals surface area contributed by atoms with Crippen LogP contribution in [0.2, 0.25) is 0 Å². The zero-order chi connectivity index (χ0) is 19.3. The first kappa shape index (κ1) is 18.8. The number of aromatic amines is 1. The molecule has 0 saturated carbocycles. The van der Waals surface area contributed by atoms with E-state index in [0.29, 0.717) is 0 Å². The lowest BCUT2D eigenvalue weighted by molar-refractivity contribution is 0.628. The average molecular weight is 408 g/mol. The van der Waals surface area contributed by atoms with Gasteiger partial charge in [-0.25, -0.2) is 9.37 Å². The third-order valence-corrected chi connectivity index (χ3v) is 5.99. The Morgan fingerprint density at radius 1 is 0.893 bits per heavy atom. The fourth-order valence-corrected chi connectivity index (χ4v) is 4.07. The van der Waals surface area contributed by atoms with Crippen LogP contribution in [-0.4, -0.2) is 21.2 Å². The van der Waals surface area contributed by atoms with Crippen molar-refractivity contribution in [1.29, 1.82) is 0 Å².